The summed E-state index contributed by atoms with van der Waals surface area (Å²) in [5.41, 5.74) is 0.217. The fourth-order valence-electron chi connectivity index (χ4n) is 2.36. The molecule has 0 aromatic rings. The fourth-order valence-corrected chi connectivity index (χ4v) is 4.19. The molecule has 1 N–H and O–H groups in total. The van der Waals surface area contributed by atoms with E-state index in [0.717, 1.165) is 12.8 Å². The Morgan fingerprint density at radius 3 is 2.67 bits per heavy atom. The maximum atomic E-state index is 12.2. The first-order valence-electron chi connectivity index (χ1n) is 6.53. The summed E-state index contributed by atoms with van der Waals surface area (Å²) in [7, 11) is -3.27. The zero-order valence-electron chi connectivity index (χ0n) is 10.8. The molecule has 6 heteroatoms. The minimum absolute atomic E-state index is 0.147. The van der Waals surface area contributed by atoms with Gasteiger partial charge in [0.25, 0.3) is 0 Å². The molecule has 0 spiro atoms. The minimum atomic E-state index is -3.27. The van der Waals surface area contributed by atoms with E-state index in [1.165, 1.54) is 4.31 Å². The van der Waals surface area contributed by atoms with Crippen LogP contribution in [0.2, 0.25) is 0 Å². The molecule has 1 saturated heterocycles. The third kappa shape index (κ3) is 3.23. The van der Waals surface area contributed by atoms with Gasteiger partial charge in [-0.05, 0) is 37.5 Å². The maximum absolute atomic E-state index is 12.2. The molecular formula is C12H21NO4S. The van der Waals surface area contributed by atoms with E-state index in [1.54, 1.807) is 0 Å². The van der Waals surface area contributed by atoms with Crippen molar-refractivity contribution >= 4 is 16.0 Å². The van der Waals surface area contributed by atoms with Crippen molar-refractivity contribution in [2.75, 3.05) is 18.8 Å². The summed E-state index contributed by atoms with van der Waals surface area (Å²) in [4.78, 5) is 10.9. The molecule has 0 radical (unpaired) electrons. The topological polar surface area (TPSA) is 74.7 Å². The van der Waals surface area contributed by atoms with Gasteiger partial charge in [0.05, 0.1) is 11.7 Å². The van der Waals surface area contributed by atoms with Gasteiger partial charge in [-0.15, -0.1) is 0 Å². The Labute approximate surface area is 108 Å². The van der Waals surface area contributed by atoms with E-state index in [-0.39, 0.29) is 17.7 Å². The van der Waals surface area contributed by atoms with Crippen LogP contribution in [-0.4, -0.2) is 42.6 Å². The number of hydrogen-bond acceptors (Lipinski definition) is 3. The largest absolute Gasteiger partial charge is 0.481 e. The number of carboxylic acids is 1. The Bertz CT molecular complexity index is 427. The highest BCUT2D eigenvalue weighted by molar-refractivity contribution is 7.89. The summed E-state index contributed by atoms with van der Waals surface area (Å²) in [6.07, 6.45) is 4.15. The number of hydrogen-bond donors (Lipinski definition) is 1. The van der Waals surface area contributed by atoms with Crippen LogP contribution in [0, 0.1) is 11.3 Å². The highest BCUT2D eigenvalue weighted by Crippen LogP contribution is 2.48. The van der Waals surface area contributed by atoms with Gasteiger partial charge in [0.15, 0.2) is 0 Å². The summed E-state index contributed by atoms with van der Waals surface area (Å²) in [6.45, 7) is 2.73. The summed E-state index contributed by atoms with van der Waals surface area (Å²) >= 11 is 0. The molecule has 1 heterocycles. The molecule has 18 heavy (non-hydrogen) atoms. The van der Waals surface area contributed by atoms with Gasteiger partial charge in [-0.1, -0.05) is 6.92 Å². The van der Waals surface area contributed by atoms with Crippen LogP contribution >= 0.6 is 0 Å². The number of nitrogens with zero attached hydrogens (tertiary/aromatic N) is 1. The van der Waals surface area contributed by atoms with Gasteiger partial charge in [0.1, 0.15) is 0 Å². The van der Waals surface area contributed by atoms with Gasteiger partial charge in [-0.2, -0.15) is 0 Å². The Morgan fingerprint density at radius 2 is 2.11 bits per heavy atom. The molecule has 0 amide bonds. The first kappa shape index (κ1) is 13.8. The smallest absolute Gasteiger partial charge is 0.307 e. The van der Waals surface area contributed by atoms with Crippen molar-refractivity contribution in [3.8, 4) is 0 Å². The van der Waals surface area contributed by atoms with Gasteiger partial charge in [0, 0.05) is 13.1 Å². The minimum Gasteiger partial charge on any atom is -0.481 e. The molecule has 1 unspecified atom stereocenters. The zero-order chi connectivity index (χ0) is 13.4. The van der Waals surface area contributed by atoms with Crippen LogP contribution in [0.5, 0.6) is 0 Å². The van der Waals surface area contributed by atoms with Crippen LogP contribution in [-0.2, 0) is 14.8 Å². The van der Waals surface area contributed by atoms with E-state index in [2.05, 4.69) is 6.92 Å². The highest BCUT2D eigenvalue weighted by Gasteiger charge is 2.39. The standard InChI is InChI=1S/C12H21NO4S/c1-12(4-5-12)6-8-18(16,17)13-7-2-3-10(9-13)11(14)15/h10H,2-9H2,1H3,(H,14,15). The van der Waals surface area contributed by atoms with Crippen molar-refractivity contribution in [1.82, 2.24) is 4.31 Å². The molecule has 0 aromatic carbocycles. The molecule has 5 nitrogen and oxygen atoms in total. The van der Waals surface area contributed by atoms with Crippen molar-refractivity contribution in [1.29, 1.82) is 0 Å². The quantitative estimate of drug-likeness (QED) is 0.820. The molecule has 2 rings (SSSR count). The molecule has 1 saturated carbocycles. The second-order valence-corrected chi connectivity index (χ2v) is 8.00. The van der Waals surface area contributed by atoms with E-state index in [9.17, 15) is 13.2 Å². The average Bonchev–Trinajstić information content (AvgIpc) is 3.06. The predicted octanol–water partition coefficient (Wildman–Crippen LogP) is 1.30. The van der Waals surface area contributed by atoms with Crippen LogP contribution in [0.25, 0.3) is 0 Å². The first-order valence-corrected chi connectivity index (χ1v) is 8.14. The van der Waals surface area contributed by atoms with Crippen molar-refractivity contribution in [3.05, 3.63) is 0 Å². The number of aliphatic carboxylic acids is 1. The summed E-state index contributed by atoms with van der Waals surface area (Å²) < 4.78 is 25.7. The number of rotatable bonds is 5. The lowest BCUT2D eigenvalue weighted by Crippen LogP contribution is -2.43. The second-order valence-electron chi connectivity index (χ2n) is 5.91. The van der Waals surface area contributed by atoms with Gasteiger partial charge in [-0.25, -0.2) is 12.7 Å². The first-order chi connectivity index (χ1) is 8.32. The lowest BCUT2D eigenvalue weighted by Gasteiger charge is -2.30. The molecular weight excluding hydrogens is 254 g/mol. The molecule has 0 bridgehead atoms. The van der Waals surface area contributed by atoms with Crippen molar-refractivity contribution in [2.45, 2.75) is 39.0 Å². The molecule has 1 atom stereocenters. The predicted molar refractivity (Wildman–Crippen MR) is 67.7 cm³/mol. The van der Waals surface area contributed by atoms with Crippen LogP contribution in [0.4, 0.5) is 0 Å². The lowest BCUT2D eigenvalue weighted by atomic mass is 10.0. The number of sulfonamides is 1. The summed E-state index contributed by atoms with van der Waals surface area (Å²) in [5, 5.41) is 8.97. The van der Waals surface area contributed by atoms with Crippen LogP contribution in [0.1, 0.15) is 39.0 Å². The molecule has 104 valence electrons. The van der Waals surface area contributed by atoms with Crippen molar-refractivity contribution in [2.24, 2.45) is 11.3 Å². The molecule has 2 fully saturated rings. The lowest BCUT2D eigenvalue weighted by molar-refractivity contribution is -0.142. The molecule has 1 aliphatic heterocycles. The van der Waals surface area contributed by atoms with E-state index >= 15 is 0 Å². The highest BCUT2D eigenvalue weighted by atomic mass is 32.2. The third-order valence-corrected chi connectivity index (χ3v) is 6.03. The van der Waals surface area contributed by atoms with E-state index in [0.29, 0.717) is 25.8 Å². The fraction of sp³-hybridized carbons (Fsp3) is 0.917. The SMILES string of the molecule is CC1(CCS(=O)(=O)N2CCCC(C(=O)O)C2)CC1. The summed E-state index contributed by atoms with van der Waals surface area (Å²) in [6, 6.07) is 0. The Morgan fingerprint density at radius 1 is 1.44 bits per heavy atom. The van der Waals surface area contributed by atoms with Crippen molar-refractivity contribution in [3.63, 3.8) is 0 Å². The van der Waals surface area contributed by atoms with E-state index in [1.807, 2.05) is 0 Å². The Kier molecular flexibility index (Phi) is 3.69. The summed E-state index contributed by atoms with van der Waals surface area (Å²) in [5.74, 6) is -1.26. The normalized spacial score (nSPS) is 27.9. The average molecular weight is 275 g/mol. The zero-order valence-corrected chi connectivity index (χ0v) is 11.6. The van der Waals surface area contributed by atoms with Crippen LogP contribution < -0.4 is 0 Å². The third-order valence-electron chi connectivity index (χ3n) is 4.19. The monoisotopic (exact) mass is 275 g/mol. The van der Waals surface area contributed by atoms with Gasteiger partial charge in [-0.3, -0.25) is 4.79 Å². The van der Waals surface area contributed by atoms with Crippen LogP contribution in [0.3, 0.4) is 0 Å². The van der Waals surface area contributed by atoms with Gasteiger partial charge < -0.3 is 5.11 Å². The maximum Gasteiger partial charge on any atom is 0.307 e. The van der Waals surface area contributed by atoms with Crippen molar-refractivity contribution < 1.29 is 18.3 Å². The number of piperidine rings is 1. The van der Waals surface area contributed by atoms with Gasteiger partial charge in [0.2, 0.25) is 10.0 Å². The second kappa shape index (κ2) is 4.81. The Balaban J connectivity index is 1.94. The van der Waals surface area contributed by atoms with Crippen LogP contribution in [0.15, 0.2) is 0 Å². The van der Waals surface area contributed by atoms with Gasteiger partial charge >= 0.3 is 5.97 Å². The number of carbonyl (C=O) groups is 1. The molecule has 0 aromatic heterocycles. The molecule has 1 aliphatic carbocycles. The molecule has 2 aliphatic rings. The number of carboxylic acid groups (broad SMARTS) is 1. The Hall–Kier alpha value is -0.620. The van der Waals surface area contributed by atoms with E-state index < -0.39 is 21.9 Å². The van der Waals surface area contributed by atoms with E-state index in [4.69, 9.17) is 5.11 Å².